The molecular formula is C59H40N4S5. The summed E-state index contributed by atoms with van der Waals surface area (Å²) in [7, 11) is 0. The van der Waals surface area contributed by atoms with Crippen LogP contribution in [0.1, 0.15) is 71.8 Å². The number of thiophene rings is 1. The van der Waals surface area contributed by atoms with Gasteiger partial charge in [-0.05, 0) is 143 Å². The zero-order valence-corrected chi connectivity index (χ0v) is 41.8. The van der Waals surface area contributed by atoms with Crippen LogP contribution < -0.4 is 0 Å². The molecule has 0 N–H and O–H groups in total. The summed E-state index contributed by atoms with van der Waals surface area (Å²) in [5.74, 6) is 0. The first-order valence-corrected chi connectivity index (χ1v) is 27.0. The molecule has 9 heteroatoms. The summed E-state index contributed by atoms with van der Waals surface area (Å²) in [5.41, 5.74) is 22.0. The molecule has 12 aromatic rings. The fourth-order valence-electron chi connectivity index (χ4n) is 11.2. The summed E-state index contributed by atoms with van der Waals surface area (Å²) in [6.07, 6.45) is 0. The van der Waals surface area contributed by atoms with E-state index in [0.29, 0.717) is 0 Å². The van der Waals surface area contributed by atoms with Crippen molar-refractivity contribution >= 4 is 86.1 Å². The zero-order valence-electron chi connectivity index (χ0n) is 37.8. The maximum absolute atomic E-state index is 5.14. The van der Waals surface area contributed by atoms with Crippen LogP contribution >= 0.6 is 56.7 Å². The van der Waals surface area contributed by atoms with Crippen LogP contribution in [0.4, 0.5) is 0 Å². The average molecular weight is 965 g/mol. The minimum atomic E-state index is -0.632. The van der Waals surface area contributed by atoms with Crippen LogP contribution in [0.5, 0.6) is 0 Å². The van der Waals surface area contributed by atoms with Crippen LogP contribution in [0.2, 0.25) is 0 Å². The van der Waals surface area contributed by atoms with Gasteiger partial charge in [0.05, 0.1) is 26.2 Å². The van der Waals surface area contributed by atoms with Crippen molar-refractivity contribution in [1.29, 1.82) is 0 Å². The molecule has 0 bridgehead atoms. The number of benzene rings is 7. The van der Waals surface area contributed by atoms with Crippen molar-refractivity contribution in [1.82, 2.24) is 19.9 Å². The summed E-state index contributed by atoms with van der Waals surface area (Å²) >= 11 is 8.49. The zero-order chi connectivity index (χ0) is 45.6. The number of hydrogen-bond donors (Lipinski definition) is 0. The van der Waals surface area contributed by atoms with E-state index in [1.165, 1.54) is 104 Å². The van der Waals surface area contributed by atoms with Gasteiger partial charge in [-0.1, -0.05) is 165 Å². The first-order valence-electron chi connectivity index (χ1n) is 22.8. The number of thiazole rings is 4. The Morgan fingerprint density at radius 3 is 1.43 bits per heavy atom. The standard InChI is InChI=1S/C59H40N4S5/c1-31-6-15-38(16-7-31)58(39-17-8-32(2)9-18-39)46-25-36(52-62-55-54(67-52)60-30-64-55)14-23-42(46)44-27-48-45(28-47(44)58)43-24-37-26-51(53-63-57-56(68-53)61-35(5)65-57)66-50(37)29-49(43)59(48,40-19-10-33(3)11-20-40)41-21-12-34(4)13-22-41/h6-30H,1-5H3. The third-order valence-electron chi connectivity index (χ3n) is 14.4. The molecule has 14 rings (SSSR count). The lowest BCUT2D eigenvalue weighted by atomic mass is 9.65. The summed E-state index contributed by atoms with van der Waals surface area (Å²) in [6, 6.07) is 56.9. The third-order valence-corrected chi connectivity index (χ3v) is 19.5. The molecule has 2 aliphatic rings. The molecule has 0 atom stereocenters. The molecule has 4 nitrogen and oxygen atoms in total. The molecule has 0 radical (unpaired) electrons. The predicted octanol–water partition coefficient (Wildman–Crippen LogP) is 16.6. The Morgan fingerprint density at radius 1 is 0.382 bits per heavy atom. The van der Waals surface area contributed by atoms with Crippen LogP contribution in [-0.2, 0) is 10.8 Å². The number of hydrogen-bond acceptors (Lipinski definition) is 9. The van der Waals surface area contributed by atoms with Gasteiger partial charge in [-0.15, -0.1) is 22.7 Å². The molecular weight excluding hydrogens is 925 g/mol. The number of rotatable bonds is 6. The molecule has 68 heavy (non-hydrogen) atoms. The molecule has 5 aromatic heterocycles. The summed E-state index contributed by atoms with van der Waals surface area (Å²) in [5, 5.41) is 4.32. The first-order chi connectivity index (χ1) is 33.1. The lowest BCUT2D eigenvalue weighted by Gasteiger charge is -2.36. The van der Waals surface area contributed by atoms with Gasteiger partial charge in [0.25, 0.3) is 0 Å². The first kappa shape index (κ1) is 40.6. The van der Waals surface area contributed by atoms with Crippen LogP contribution in [-0.4, -0.2) is 19.9 Å². The average Bonchev–Trinajstić information content (AvgIpc) is 4.22. The van der Waals surface area contributed by atoms with Crippen molar-refractivity contribution in [3.63, 3.8) is 0 Å². The van der Waals surface area contributed by atoms with E-state index >= 15 is 0 Å². The number of nitrogens with zero attached hydrogens (tertiary/aromatic N) is 4. The Bertz CT molecular complexity index is 3860. The van der Waals surface area contributed by atoms with Gasteiger partial charge in [0.2, 0.25) is 0 Å². The molecule has 2 aliphatic carbocycles. The predicted molar refractivity (Wildman–Crippen MR) is 289 cm³/mol. The molecule has 0 aliphatic heterocycles. The van der Waals surface area contributed by atoms with Gasteiger partial charge >= 0.3 is 0 Å². The molecule has 7 aromatic carbocycles. The summed E-state index contributed by atoms with van der Waals surface area (Å²) in [6.45, 7) is 10.8. The largest absolute Gasteiger partial charge is 0.232 e. The van der Waals surface area contributed by atoms with Gasteiger partial charge in [0.1, 0.15) is 10.0 Å². The lowest BCUT2D eigenvalue weighted by Crippen LogP contribution is -2.30. The maximum Gasteiger partial charge on any atom is 0.155 e. The molecule has 5 heterocycles. The second kappa shape index (κ2) is 14.8. The number of fused-ring (bicyclic) bond motifs is 9. The van der Waals surface area contributed by atoms with Crippen LogP contribution in [0, 0.1) is 34.6 Å². The smallest absolute Gasteiger partial charge is 0.155 e. The van der Waals surface area contributed by atoms with Crippen molar-refractivity contribution in [3.8, 4) is 42.7 Å². The highest BCUT2D eigenvalue weighted by atomic mass is 32.1. The minimum absolute atomic E-state index is 0.608. The van der Waals surface area contributed by atoms with Crippen molar-refractivity contribution < 1.29 is 0 Å². The van der Waals surface area contributed by atoms with E-state index in [1.807, 2.05) is 16.8 Å². The highest BCUT2D eigenvalue weighted by molar-refractivity contribution is 7.31. The molecule has 0 spiro atoms. The van der Waals surface area contributed by atoms with E-state index in [-0.39, 0.29) is 0 Å². The Morgan fingerprint density at radius 2 is 0.868 bits per heavy atom. The summed E-state index contributed by atoms with van der Waals surface area (Å²) < 4.78 is 1.26. The quantitative estimate of drug-likeness (QED) is 0.167. The normalized spacial score (nSPS) is 14.2. The van der Waals surface area contributed by atoms with Crippen LogP contribution in [0.3, 0.4) is 0 Å². The fraction of sp³-hybridized carbons (Fsp3) is 0.119. The van der Waals surface area contributed by atoms with Gasteiger partial charge in [-0.3, -0.25) is 0 Å². The van der Waals surface area contributed by atoms with Gasteiger partial charge in [0, 0.05) is 10.3 Å². The molecule has 0 saturated carbocycles. The van der Waals surface area contributed by atoms with E-state index < -0.39 is 10.8 Å². The van der Waals surface area contributed by atoms with E-state index in [4.69, 9.17) is 15.0 Å². The fourth-order valence-corrected chi connectivity index (χ4v) is 16.1. The lowest BCUT2D eigenvalue weighted by molar-refractivity contribution is 0.758. The second-order valence-corrected chi connectivity index (χ2v) is 23.6. The Balaban J connectivity index is 1.10. The van der Waals surface area contributed by atoms with Gasteiger partial charge < -0.3 is 0 Å². The molecule has 326 valence electrons. The van der Waals surface area contributed by atoms with E-state index in [9.17, 15) is 0 Å². The van der Waals surface area contributed by atoms with Crippen molar-refractivity contribution in [2.75, 3.05) is 0 Å². The van der Waals surface area contributed by atoms with Crippen molar-refractivity contribution in [3.05, 3.63) is 223 Å². The Labute approximate surface area is 414 Å². The molecule has 0 saturated heterocycles. The highest BCUT2D eigenvalue weighted by Crippen LogP contribution is 2.64. The third kappa shape index (κ3) is 5.74. The second-order valence-electron chi connectivity index (χ2n) is 18.6. The van der Waals surface area contributed by atoms with E-state index in [1.54, 1.807) is 45.3 Å². The van der Waals surface area contributed by atoms with Crippen molar-refractivity contribution in [2.24, 2.45) is 0 Å². The minimum Gasteiger partial charge on any atom is -0.232 e. The molecule has 0 amide bonds. The van der Waals surface area contributed by atoms with Gasteiger partial charge in [-0.2, -0.15) is 0 Å². The SMILES string of the molecule is Cc1ccc(C2(c3ccc(C)cc3)c3cc(-c4nc5scnc5s4)ccc3-c3cc4c(cc32)-c2cc3cc(-c5nc6sc(C)nc6s5)sc3cc2C4(c2ccc(C)cc2)c2ccc(C)cc2)cc1. The van der Waals surface area contributed by atoms with E-state index in [0.717, 1.165) is 39.9 Å². The molecule has 0 unspecified atom stereocenters. The topological polar surface area (TPSA) is 51.6 Å². The van der Waals surface area contributed by atoms with Crippen molar-refractivity contribution in [2.45, 2.75) is 45.4 Å². The van der Waals surface area contributed by atoms with Gasteiger partial charge in [-0.25, -0.2) is 19.9 Å². The van der Waals surface area contributed by atoms with E-state index in [2.05, 4.69) is 185 Å². The monoisotopic (exact) mass is 964 g/mol. The molecule has 0 fully saturated rings. The Kier molecular flexibility index (Phi) is 8.82. The highest BCUT2D eigenvalue weighted by Gasteiger charge is 2.52. The number of aryl methyl sites for hydroxylation is 5. The van der Waals surface area contributed by atoms with Crippen LogP contribution in [0.25, 0.3) is 72.1 Å². The van der Waals surface area contributed by atoms with Gasteiger partial charge in [0.15, 0.2) is 19.3 Å². The number of aromatic nitrogens is 4. The Hall–Kier alpha value is -6.46. The summed E-state index contributed by atoms with van der Waals surface area (Å²) in [4.78, 5) is 24.9. The van der Waals surface area contributed by atoms with Crippen LogP contribution in [0.15, 0.2) is 151 Å². The maximum atomic E-state index is 5.14.